The van der Waals surface area contributed by atoms with Crippen LogP contribution in [0.1, 0.15) is 52.9 Å². The number of nitrogens with zero attached hydrogens (tertiary/aromatic N) is 2. The van der Waals surface area contributed by atoms with Crippen LogP contribution < -0.4 is 16.1 Å². The molecule has 0 aromatic carbocycles. The van der Waals surface area contributed by atoms with E-state index in [4.69, 9.17) is 0 Å². The lowest BCUT2D eigenvalue weighted by molar-refractivity contribution is -0.141. The molecular weight excluding hydrogens is 354 g/mol. The summed E-state index contributed by atoms with van der Waals surface area (Å²) in [7, 11) is 0. The van der Waals surface area contributed by atoms with E-state index in [2.05, 4.69) is 16.1 Å². The molecule has 2 saturated heterocycles. The average molecular weight is 379 g/mol. The van der Waals surface area contributed by atoms with Gasteiger partial charge < -0.3 is 10.6 Å². The van der Waals surface area contributed by atoms with Gasteiger partial charge in [-0.3, -0.25) is 24.7 Å². The van der Waals surface area contributed by atoms with Gasteiger partial charge in [0.2, 0.25) is 0 Å². The van der Waals surface area contributed by atoms with Crippen molar-refractivity contribution in [2.45, 2.75) is 64.0 Å². The van der Waals surface area contributed by atoms with E-state index in [0.717, 1.165) is 24.2 Å². The molecule has 3 atom stereocenters. The van der Waals surface area contributed by atoms with Crippen LogP contribution in [0.2, 0.25) is 0 Å². The van der Waals surface area contributed by atoms with Gasteiger partial charge in [0.15, 0.2) is 0 Å². The number of hydrazine groups is 1. The maximum Gasteiger partial charge on any atom is 0.344 e. The summed E-state index contributed by atoms with van der Waals surface area (Å²) < 4.78 is 0. The van der Waals surface area contributed by atoms with Crippen molar-refractivity contribution in [2.75, 3.05) is 6.54 Å². The largest absolute Gasteiger partial charge is 0.344 e. The minimum absolute atomic E-state index is 0.0213. The fourth-order valence-electron chi connectivity index (χ4n) is 3.97. The van der Waals surface area contributed by atoms with Gasteiger partial charge in [-0.25, -0.2) is 9.59 Å². The quantitative estimate of drug-likeness (QED) is 0.603. The van der Waals surface area contributed by atoms with E-state index < -0.39 is 47.4 Å². The third-order valence-electron chi connectivity index (χ3n) is 6.01. The molecule has 0 unspecified atom stereocenters. The molecular formula is C17H25N5O5. The smallest absolute Gasteiger partial charge is 0.323 e. The molecule has 1 aliphatic carbocycles. The van der Waals surface area contributed by atoms with Crippen LogP contribution in [0.25, 0.3) is 0 Å². The molecule has 3 fully saturated rings. The predicted octanol–water partition coefficient (Wildman–Crippen LogP) is 0.239. The zero-order valence-electron chi connectivity index (χ0n) is 15.8. The summed E-state index contributed by atoms with van der Waals surface area (Å²) in [6, 6.07) is -1.37. The van der Waals surface area contributed by atoms with Crippen LogP contribution in [0.4, 0.5) is 9.59 Å². The molecule has 3 rings (SSSR count). The molecule has 148 valence electrons. The van der Waals surface area contributed by atoms with Gasteiger partial charge in [0.1, 0.15) is 17.6 Å². The van der Waals surface area contributed by atoms with Crippen molar-refractivity contribution in [3.8, 4) is 0 Å². The molecule has 3 aliphatic rings. The third-order valence-corrected chi connectivity index (χ3v) is 6.01. The molecule has 3 N–H and O–H groups in total. The second kappa shape index (κ2) is 6.50. The number of amides is 7. The first-order valence-corrected chi connectivity index (χ1v) is 9.25. The van der Waals surface area contributed by atoms with Crippen LogP contribution in [-0.4, -0.2) is 57.3 Å². The summed E-state index contributed by atoms with van der Waals surface area (Å²) in [4.78, 5) is 62.6. The van der Waals surface area contributed by atoms with Crippen molar-refractivity contribution in [3.63, 3.8) is 0 Å². The van der Waals surface area contributed by atoms with Crippen LogP contribution in [0.5, 0.6) is 0 Å². The minimum atomic E-state index is -1.09. The van der Waals surface area contributed by atoms with Crippen molar-refractivity contribution in [2.24, 2.45) is 5.92 Å². The van der Waals surface area contributed by atoms with Gasteiger partial charge in [0.05, 0.1) is 0 Å². The number of urea groups is 2. The zero-order valence-corrected chi connectivity index (χ0v) is 15.8. The second-order valence-electron chi connectivity index (χ2n) is 7.73. The number of nitrogens with one attached hydrogen (secondary N) is 3. The molecule has 7 amide bonds. The molecule has 1 spiro atoms. The second-order valence-corrected chi connectivity index (χ2v) is 7.73. The van der Waals surface area contributed by atoms with Gasteiger partial charge in [0, 0.05) is 0 Å². The number of carbonyl (C=O) groups is 5. The highest BCUT2D eigenvalue weighted by atomic mass is 16.2. The average Bonchev–Trinajstić information content (AvgIpc) is 2.98. The van der Waals surface area contributed by atoms with Gasteiger partial charge in [-0.1, -0.05) is 26.7 Å². The molecule has 0 aromatic heterocycles. The molecule has 27 heavy (non-hydrogen) atoms. The number of hydrogen-bond acceptors (Lipinski definition) is 5. The normalized spacial score (nSPS) is 33.5. The van der Waals surface area contributed by atoms with Crippen LogP contribution >= 0.6 is 0 Å². The Labute approximate surface area is 157 Å². The number of hydrogen-bond donors (Lipinski definition) is 3. The van der Waals surface area contributed by atoms with Crippen molar-refractivity contribution in [1.29, 1.82) is 0 Å². The Hall–Kier alpha value is -2.65. The van der Waals surface area contributed by atoms with Crippen LogP contribution in [-0.2, 0) is 14.4 Å². The van der Waals surface area contributed by atoms with Crippen molar-refractivity contribution in [3.05, 3.63) is 0 Å². The van der Waals surface area contributed by atoms with Gasteiger partial charge in [-0.15, -0.1) is 0 Å². The van der Waals surface area contributed by atoms with Crippen LogP contribution in [0.15, 0.2) is 0 Å². The summed E-state index contributed by atoms with van der Waals surface area (Å²) in [5, 5.41) is 5.87. The SMILES string of the molecule is CC[C@]1(C)NC(=O)N(NC(=O)CN2C(=O)N[C@@]3(CCCC[C@H]3C)C2=O)C1=O. The Morgan fingerprint density at radius 1 is 1.15 bits per heavy atom. The molecule has 10 heteroatoms. The zero-order chi connectivity index (χ0) is 20.0. The lowest BCUT2D eigenvalue weighted by Crippen LogP contribution is -2.55. The minimum Gasteiger partial charge on any atom is -0.323 e. The Balaban J connectivity index is 1.68. The number of carbonyl (C=O) groups excluding carboxylic acids is 5. The van der Waals surface area contributed by atoms with Gasteiger partial charge in [0.25, 0.3) is 17.7 Å². The highest BCUT2D eigenvalue weighted by Gasteiger charge is 2.55. The standard InChI is InChI=1S/C17H25N5O5/c1-4-16(3)12(24)22(15(27)18-16)20-11(23)9-21-13(25)17(19-14(21)26)8-6-5-7-10(17)2/h10H,4-9H2,1-3H3,(H,18,27)(H,19,26)(H,20,23)/t10-,16+,17-/m1/s1. The third kappa shape index (κ3) is 2.92. The Kier molecular flexibility index (Phi) is 4.61. The van der Waals surface area contributed by atoms with Crippen molar-refractivity contribution >= 4 is 29.8 Å². The molecule has 0 aromatic rings. The molecule has 2 heterocycles. The monoisotopic (exact) mass is 379 g/mol. The molecule has 1 saturated carbocycles. The lowest BCUT2D eigenvalue weighted by atomic mass is 9.73. The fraction of sp³-hybridized carbons (Fsp3) is 0.706. The van der Waals surface area contributed by atoms with E-state index in [9.17, 15) is 24.0 Å². The molecule has 10 nitrogen and oxygen atoms in total. The summed E-state index contributed by atoms with van der Waals surface area (Å²) in [5.41, 5.74) is 0.146. The number of imide groups is 2. The fourth-order valence-corrected chi connectivity index (χ4v) is 3.97. The van der Waals surface area contributed by atoms with Crippen molar-refractivity contribution < 1.29 is 24.0 Å². The first-order chi connectivity index (χ1) is 12.6. The summed E-state index contributed by atoms with van der Waals surface area (Å²) in [6.45, 7) is 4.66. The Morgan fingerprint density at radius 2 is 1.85 bits per heavy atom. The predicted molar refractivity (Wildman–Crippen MR) is 92.8 cm³/mol. The van der Waals surface area contributed by atoms with Crippen LogP contribution in [0.3, 0.4) is 0 Å². The number of rotatable bonds is 4. The topological polar surface area (TPSA) is 128 Å². The van der Waals surface area contributed by atoms with E-state index in [0.29, 0.717) is 17.9 Å². The van der Waals surface area contributed by atoms with Gasteiger partial charge in [-0.05, 0) is 32.1 Å². The van der Waals surface area contributed by atoms with Crippen molar-refractivity contribution in [1.82, 2.24) is 26.0 Å². The Morgan fingerprint density at radius 3 is 2.44 bits per heavy atom. The maximum absolute atomic E-state index is 12.9. The molecule has 0 bridgehead atoms. The first kappa shape index (κ1) is 19.1. The summed E-state index contributed by atoms with van der Waals surface area (Å²) >= 11 is 0. The highest BCUT2D eigenvalue weighted by molar-refractivity contribution is 6.10. The summed E-state index contributed by atoms with van der Waals surface area (Å²) in [5.74, 6) is -1.82. The van der Waals surface area contributed by atoms with E-state index in [-0.39, 0.29) is 5.92 Å². The highest BCUT2D eigenvalue weighted by Crippen LogP contribution is 2.38. The molecule has 0 radical (unpaired) electrons. The van der Waals surface area contributed by atoms with Gasteiger partial charge in [-0.2, -0.15) is 5.01 Å². The van der Waals surface area contributed by atoms with E-state index in [1.54, 1.807) is 13.8 Å². The summed E-state index contributed by atoms with van der Waals surface area (Å²) in [6.07, 6.45) is 3.55. The van der Waals surface area contributed by atoms with Crippen LogP contribution in [0, 0.1) is 5.92 Å². The van der Waals surface area contributed by atoms with Gasteiger partial charge >= 0.3 is 12.1 Å². The first-order valence-electron chi connectivity index (χ1n) is 9.25. The van der Waals surface area contributed by atoms with E-state index in [1.165, 1.54) is 0 Å². The van der Waals surface area contributed by atoms with E-state index in [1.807, 2.05) is 6.92 Å². The van der Waals surface area contributed by atoms with E-state index >= 15 is 0 Å². The Bertz CT molecular complexity index is 725. The lowest BCUT2D eigenvalue weighted by Gasteiger charge is -2.36. The molecule has 2 aliphatic heterocycles. The maximum atomic E-state index is 12.9.